The van der Waals surface area contributed by atoms with Crippen molar-refractivity contribution in [2.75, 3.05) is 11.9 Å². The molecular weight excluding hydrogens is 331 g/mol. The molecule has 24 heavy (non-hydrogen) atoms. The minimum Gasteiger partial charge on any atom is -0.347 e. The molecule has 10 heteroatoms. The van der Waals surface area contributed by atoms with E-state index in [1.807, 2.05) is 0 Å². The Morgan fingerprint density at radius 1 is 1.00 bits per heavy atom. The van der Waals surface area contributed by atoms with Gasteiger partial charge in [-0.15, -0.1) is 0 Å². The number of rotatable bonds is 7. The third-order valence-electron chi connectivity index (χ3n) is 2.89. The lowest BCUT2D eigenvalue weighted by atomic mass is 10.1. The molecule has 0 heterocycles. The van der Waals surface area contributed by atoms with Crippen LogP contribution in [0.2, 0.25) is 0 Å². The first-order valence-electron chi connectivity index (χ1n) is 6.89. The molecule has 0 spiro atoms. The second kappa shape index (κ2) is 8.87. The monoisotopic (exact) mass is 347 g/mol. The van der Waals surface area contributed by atoms with E-state index in [1.54, 1.807) is 0 Å². The van der Waals surface area contributed by atoms with Gasteiger partial charge in [0.1, 0.15) is 0 Å². The number of benzene rings is 1. The lowest BCUT2D eigenvalue weighted by Gasteiger charge is -2.13. The van der Waals surface area contributed by atoms with Gasteiger partial charge in [0.05, 0.1) is 17.8 Å². The molecule has 4 N–H and O–H groups in total. The molecule has 0 aliphatic carbocycles. The van der Waals surface area contributed by atoms with Crippen LogP contribution in [0.1, 0.15) is 24.8 Å². The lowest BCUT2D eigenvalue weighted by molar-refractivity contribution is -0.137. The SMILES string of the molecule is O=C(CNC(=O)CCCC(=O)Nc1ccccc1C(F)(F)F)NO. The van der Waals surface area contributed by atoms with Gasteiger partial charge < -0.3 is 10.6 Å². The molecule has 0 unspecified atom stereocenters. The minimum atomic E-state index is -4.59. The Kier molecular flexibility index (Phi) is 7.18. The van der Waals surface area contributed by atoms with Crippen LogP contribution in [0.3, 0.4) is 0 Å². The third kappa shape index (κ3) is 6.65. The molecule has 1 aromatic rings. The van der Waals surface area contributed by atoms with Crippen molar-refractivity contribution in [3.63, 3.8) is 0 Å². The maximum Gasteiger partial charge on any atom is 0.418 e. The second-order valence-corrected chi connectivity index (χ2v) is 4.76. The lowest BCUT2D eigenvalue weighted by Crippen LogP contribution is -2.35. The van der Waals surface area contributed by atoms with E-state index in [0.717, 1.165) is 12.1 Å². The molecule has 0 aliphatic heterocycles. The number of halogens is 3. The average Bonchev–Trinajstić information content (AvgIpc) is 2.52. The Balaban J connectivity index is 2.43. The van der Waals surface area contributed by atoms with Crippen LogP contribution in [0.15, 0.2) is 24.3 Å². The minimum absolute atomic E-state index is 0.0899. The fourth-order valence-electron chi connectivity index (χ4n) is 1.77. The summed E-state index contributed by atoms with van der Waals surface area (Å²) in [7, 11) is 0. The van der Waals surface area contributed by atoms with Crippen molar-refractivity contribution in [2.45, 2.75) is 25.4 Å². The van der Waals surface area contributed by atoms with Crippen molar-refractivity contribution in [1.29, 1.82) is 0 Å². The average molecular weight is 347 g/mol. The van der Waals surface area contributed by atoms with E-state index in [4.69, 9.17) is 5.21 Å². The zero-order valence-electron chi connectivity index (χ0n) is 12.4. The smallest absolute Gasteiger partial charge is 0.347 e. The molecule has 0 aromatic heterocycles. The summed E-state index contributed by atoms with van der Waals surface area (Å²) < 4.78 is 38.3. The molecule has 0 saturated heterocycles. The van der Waals surface area contributed by atoms with Gasteiger partial charge in [0.2, 0.25) is 11.8 Å². The summed E-state index contributed by atoms with van der Waals surface area (Å²) in [4.78, 5) is 33.7. The molecule has 0 radical (unpaired) electrons. The van der Waals surface area contributed by atoms with Crippen molar-refractivity contribution in [1.82, 2.24) is 10.8 Å². The highest BCUT2D eigenvalue weighted by molar-refractivity contribution is 5.92. The second-order valence-electron chi connectivity index (χ2n) is 4.76. The van der Waals surface area contributed by atoms with Crippen LogP contribution in [-0.4, -0.2) is 29.5 Å². The van der Waals surface area contributed by atoms with Crippen LogP contribution in [0.25, 0.3) is 0 Å². The summed E-state index contributed by atoms with van der Waals surface area (Å²) in [6, 6.07) is 4.58. The molecule has 7 nitrogen and oxygen atoms in total. The summed E-state index contributed by atoms with van der Waals surface area (Å²) in [6.07, 6.45) is -4.75. The summed E-state index contributed by atoms with van der Waals surface area (Å²) in [5.74, 6) is -1.99. The first-order valence-corrected chi connectivity index (χ1v) is 6.89. The Labute approximate surface area is 135 Å². The highest BCUT2D eigenvalue weighted by atomic mass is 19.4. The van der Waals surface area contributed by atoms with E-state index in [0.29, 0.717) is 0 Å². The van der Waals surface area contributed by atoms with Gasteiger partial charge in [0, 0.05) is 12.8 Å². The van der Waals surface area contributed by atoms with Gasteiger partial charge in [-0.05, 0) is 18.6 Å². The van der Waals surface area contributed by atoms with Crippen LogP contribution in [0.4, 0.5) is 18.9 Å². The standard InChI is InChI=1S/C14H16F3N3O4/c15-14(16,17)9-4-1-2-5-10(9)19-12(22)7-3-6-11(21)18-8-13(23)20-24/h1-2,4-5,24H,3,6-8H2,(H,18,21)(H,19,22)(H,20,23). The molecule has 0 atom stereocenters. The number of amides is 3. The summed E-state index contributed by atoms with van der Waals surface area (Å²) in [5.41, 5.74) is 0.0289. The van der Waals surface area contributed by atoms with E-state index in [1.165, 1.54) is 17.6 Å². The Morgan fingerprint density at radius 2 is 1.62 bits per heavy atom. The number of para-hydroxylation sites is 1. The number of hydrogen-bond acceptors (Lipinski definition) is 4. The van der Waals surface area contributed by atoms with Gasteiger partial charge in [-0.2, -0.15) is 13.2 Å². The number of hydroxylamine groups is 1. The van der Waals surface area contributed by atoms with Gasteiger partial charge in [0.25, 0.3) is 5.91 Å². The predicted molar refractivity (Wildman–Crippen MR) is 76.9 cm³/mol. The molecule has 0 saturated carbocycles. The maximum absolute atomic E-state index is 12.8. The maximum atomic E-state index is 12.8. The Hall–Kier alpha value is -2.62. The first-order chi connectivity index (χ1) is 11.2. The Bertz CT molecular complexity index is 605. The first kappa shape index (κ1) is 19.4. The number of carbonyl (C=O) groups excluding carboxylic acids is 3. The van der Waals surface area contributed by atoms with Crippen molar-refractivity contribution in [3.05, 3.63) is 29.8 Å². The quantitative estimate of drug-likeness (QED) is 0.442. The fourth-order valence-corrected chi connectivity index (χ4v) is 1.77. The van der Waals surface area contributed by atoms with E-state index < -0.39 is 36.0 Å². The molecule has 0 aliphatic rings. The van der Waals surface area contributed by atoms with Gasteiger partial charge in [-0.25, -0.2) is 5.48 Å². The molecule has 0 fully saturated rings. The molecule has 1 rings (SSSR count). The zero-order valence-corrected chi connectivity index (χ0v) is 12.4. The normalized spacial score (nSPS) is 10.8. The van der Waals surface area contributed by atoms with Crippen molar-refractivity contribution in [3.8, 4) is 0 Å². The topological polar surface area (TPSA) is 108 Å². The summed E-state index contributed by atoms with van der Waals surface area (Å²) >= 11 is 0. The fraction of sp³-hybridized carbons (Fsp3) is 0.357. The van der Waals surface area contributed by atoms with Crippen molar-refractivity contribution < 1.29 is 32.8 Å². The van der Waals surface area contributed by atoms with Crippen LogP contribution < -0.4 is 16.1 Å². The van der Waals surface area contributed by atoms with E-state index in [9.17, 15) is 27.6 Å². The molecule has 3 amide bonds. The zero-order chi connectivity index (χ0) is 18.2. The van der Waals surface area contributed by atoms with Gasteiger partial charge in [0.15, 0.2) is 0 Å². The summed E-state index contributed by atoms with van der Waals surface area (Å²) in [5, 5.41) is 12.6. The van der Waals surface area contributed by atoms with Crippen LogP contribution in [0.5, 0.6) is 0 Å². The van der Waals surface area contributed by atoms with Crippen LogP contribution in [-0.2, 0) is 20.6 Å². The van der Waals surface area contributed by atoms with Gasteiger partial charge in [-0.1, -0.05) is 12.1 Å². The molecule has 1 aromatic carbocycles. The molecule has 0 bridgehead atoms. The van der Waals surface area contributed by atoms with Crippen molar-refractivity contribution in [2.24, 2.45) is 0 Å². The highest BCUT2D eigenvalue weighted by Gasteiger charge is 2.33. The molecule has 132 valence electrons. The largest absolute Gasteiger partial charge is 0.418 e. The predicted octanol–water partition coefficient (Wildman–Crippen LogP) is 1.44. The number of nitrogens with one attached hydrogen (secondary N) is 3. The van der Waals surface area contributed by atoms with Crippen LogP contribution >= 0.6 is 0 Å². The molecular formula is C14H16F3N3O4. The van der Waals surface area contributed by atoms with Gasteiger partial charge >= 0.3 is 6.18 Å². The van der Waals surface area contributed by atoms with E-state index >= 15 is 0 Å². The number of anilines is 1. The third-order valence-corrected chi connectivity index (χ3v) is 2.89. The van der Waals surface area contributed by atoms with Crippen LogP contribution in [0, 0.1) is 0 Å². The highest BCUT2D eigenvalue weighted by Crippen LogP contribution is 2.34. The van der Waals surface area contributed by atoms with Crippen molar-refractivity contribution >= 4 is 23.4 Å². The van der Waals surface area contributed by atoms with E-state index in [2.05, 4.69) is 10.6 Å². The van der Waals surface area contributed by atoms with E-state index in [-0.39, 0.29) is 24.9 Å². The summed E-state index contributed by atoms with van der Waals surface area (Å²) in [6.45, 7) is -0.416. The Morgan fingerprint density at radius 3 is 2.25 bits per heavy atom. The van der Waals surface area contributed by atoms with Gasteiger partial charge in [-0.3, -0.25) is 19.6 Å². The number of alkyl halides is 3. The number of hydrogen-bond donors (Lipinski definition) is 4. The number of carbonyl (C=O) groups is 3.